The first-order valence-corrected chi connectivity index (χ1v) is 5.20. The minimum Gasteiger partial charge on any atom is -0.364 e. The van der Waals surface area contributed by atoms with Crippen LogP contribution in [0.5, 0.6) is 0 Å². The highest BCUT2D eigenvalue weighted by molar-refractivity contribution is 4.98. The summed E-state index contributed by atoms with van der Waals surface area (Å²) in [5.74, 6) is 0. The van der Waals surface area contributed by atoms with Crippen LogP contribution in [0.1, 0.15) is 33.6 Å². The van der Waals surface area contributed by atoms with Gasteiger partial charge in [-0.05, 0) is 25.2 Å². The van der Waals surface area contributed by atoms with Crippen molar-refractivity contribution in [3.8, 4) is 0 Å². The second-order valence-electron chi connectivity index (χ2n) is 5.24. The highest BCUT2D eigenvalue weighted by atomic mass is 16.6. The maximum atomic E-state index is 10.5. The van der Waals surface area contributed by atoms with Crippen LogP contribution in [-0.2, 0) is 4.74 Å². The van der Waals surface area contributed by atoms with Crippen LogP contribution in [-0.4, -0.2) is 23.2 Å². The van der Waals surface area contributed by atoms with Gasteiger partial charge in [-0.1, -0.05) is 19.9 Å². The molecular formula is C11H19NO3. The van der Waals surface area contributed by atoms with Crippen molar-refractivity contribution in [2.45, 2.75) is 45.3 Å². The summed E-state index contributed by atoms with van der Waals surface area (Å²) in [5.41, 5.74) is -0.639. The molecule has 15 heavy (non-hydrogen) atoms. The van der Waals surface area contributed by atoms with E-state index in [9.17, 15) is 10.1 Å². The molecule has 86 valence electrons. The smallest absolute Gasteiger partial charge is 0.232 e. The molecule has 1 saturated heterocycles. The predicted octanol–water partition coefficient (Wildman–Crippen LogP) is 2.41. The molecule has 0 radical (unpaired) electrons. The Labute approximate surface area is 90.5 Å². The maximum absolute atomic E-state index is 10.5. The Balaban J connectivity index is 2.75. The number of rotatable bonds is 4. The summed E-state index contributed by atoms with van der Waals surface area (Å²) >= 11 is 0. The van der Waals surface area contributed by atoms with Crippen LogP contribution in [0.4, 0.5) is 0 Å². The van der Waals surface area contributed by atoms with Crippen LogP contribution in [0.25, 0.3) is 0 Å². The highest BCUT2D eigenvalue weighted by Crippen LogP contribution is 2.45. The van der Waals surface area contributed by atoms with Crippen molar-refractivity contribution in [3.63, 3.8) is 0 Å². The fraction of sp³-hybridized carbons (Fsp3) is 0.818. The number of hydrogen-bond donors (Lipinski definition) is 0. The average Bonchev–Trinajstić information content (AvgIpc) is 2.19. The SMILES string of the molecule is C=CCC1OC(C)(C[N+](=O)[O-])CC1(C)C. The molecule has 1 aliphatic rings. The summed E-state index contributed by atoms with van der Waals surface area (Å²) in [4.78, 5) is 10.2. The molecule has 0 bridgehead atoms. The van der Waals surface area contributed by atoms with Gasteiger partial charge < -0.3 is 4.74 Å². The first kappa shape index (κ1) is 12.2. The van der Waals surface area contributed by atoms with E-state index < -0.39 is 5.60 Å². The minimum absolute atomic E-state index is 0.0149. The average molecular weight is 213 g/mol. The van der Waals surface area contributed by atoms with Crippen molar-refractivity contribution < 1.29 is 9.66 Å². The summed E-state index contributed by atoms with van der Waals surface area (Å²) in [6.45, 7) is 9.56. The monoisotopic (exact) mass is 213 g/mol. The molecular weight excluding hydrogens is 194 g/mol. The van der Waals surface area contributed by atoms with Gasteiger partial charge in [0.15, 0.2) is 0 Å². The van der Waals surface area contributed by atoms with Gasteiger partial charge >= 0.3 is 0 Å². The Morgan fingerprint density at radius 2 is 2.20 bits per heavy atom. The van der Waals surface area contributed by atoms with E-state index in [1.165, 1.54) is 0 Å². The van der Waals surface area contributed by atoms with Crippen molar-refractivity contribution in [2.75, 3.05) is 6.54 Å². The number of ether oxygens (including phenoxy) is 1. The third-order valence-electron chi connectivity index (χ3n) is 2.97. The fourth-order valence-electron chi connectivity index (χ4n) is 2.51. The van der Waals surface area contributed by atoms with Gasteiger partial charge in [-0.2, -0.15) is 0 Å². The van der Waals surface area contributed by atoms with Gasteiger partial charge in [0.2, 0.25) is 6.54 Å². The zero-order chi connectivity index (χ0) is 11.7. The summed E-state index contributed by atoms with van der Waals surface area (Å²) < 4.78 is 5.80. The second-order valence-corrected chi connectivity index (χ2v) is 5.24. The van der Waals surface area contributed by atoms with Gasteiger partial charge in [0.25, 0.3) is 0 Å². The van der Waals surface area contributed by atoms with Gasteiger partial charge in [-0.15, -0.1) is 6.58 Å². The minimum atomic E-state index is -0.624. The molecule has 2 unspecified atom stereocenters. The molecule has 4 heteroatoms. The van der Waals surface area contributed by atoms with E-state index in [0.717, 1.165) is 12.8 Å². The van der Waals surface area contributed by atoms with Crippen LogP contribution in [0.2, 0.25) is 0 Å². The van der Waals surface area contributed by atoms with Crippen molar-refractivity contribution >= 4 is 0 Å². The quantitative estimate of drug-likeness (QED) is 0.409. The molecule has 4 nitrogen and oxygen atoms in total. The summed E-state index contributed by atoms with van der Waals surface area (Å²) in [6, 6.07) is 0. The molecule has 0 aromatic carbocycles. The predicted molar refractivity (Wildman–Crippen MR) is 58.4 cm³/mol. The molecule has 0 saturated carbocycles. The molecule has 0 spiro atoms. The first-order chi connectivity index (χ1) is 6.79. The van der Waals surface area contributed by atoms with Gasteiger partial charge in [0, 0.05) is 4.92 Å². The Morgan fingerprint density at radius 3 is 2.67 bits per heavy atom. The van der Waals surface area contributed by atoms with Crippen LogP contribution in [0.15, 0.2) is 12.7 Å². The Bertz CT molecular complexity index is 275. The zero-order valence-corrected chi connectivity index (χ0v) is 9.66. The lowest BCUT2D eigenvalue weighted by molar-refractivity contribution is -0.500. The molecule has 1 heterocycles. The van der Waals surface area contributed by atoms with Crippen LogP contribution in [0, 0.1) is 15.5 Å². The van der Waals surface area contributed by atoms with Gasteiger partial charge in [-0.3, -0.25) is 10.1 Å². The van der Waals surface area contributed by atoms with Crippen molar-refractivity contribution in [2.24, 2.45) is 5.41 Å². The van der Waals surface area contributed by atoms with E-state index in [1.807, 2.05) is 13.0 Å². The summed E-state index contributed by atoms with van der Waals surface area (Å²) in [6.07, 6.45) is 3.32. The van der Waals surface area contributed by atoms with Crippen LogP contribution in [0.3, 0.4) is 0 Å². The van der Waals surface area contributed by atoms with E-state index in [4.69, 9.17) is 4.74 Å². The molecule has 0 aliphatic carbocycles. The molecule has 2 atom stereocenters. The number of nitro groups is 1. The summed E-state index contributed by atoms with van der Waals surface area (Å²) in [7, 11) is 0. The van der Waals surface area contributed by atoms with Gasteiger partial charge in [0.1, 0.15) is 5.60 Å². The van der Waals surface area contributed by atoms with Gasteiger partial charge in [-0.25, -0.2) is 0 Å². The highest BCUT2D eigenvalue weighted by Gasteiger charge is 2.50. The Morgan fingerprint density at radius 1 is 1.60 bits per heavy atom. The largest absolute Gasteiger partial charge is 0.364 e. The summed E-state index contributed by atoms with van der Waals surface area (Å²) in [5, 5.41) is 10.5. The van der Waals surface area contributed by atoms with Gasteiger partial charge in [0.05, 0.1) is 6.10 Å². The van der Waals surface area contributed by atoms with E-state index in [-0.39, 0.29) is 23.0 Å². The molecule has 1 rings (SSSR count). The fourth-order valence-corrected chi connectivity index (χ4v) is 2.51. The molecule has 0 N–H and O–H groups in total. The van der Waals surface area contributed by atoms with Crippen molar-refractivity contribution in [1.29, 1.82) is 0 Å². The number of nitrogens with zero attached hydrogens (tertiary/aromatic N) is 1. The topological polar surface area (TPSA) is 52.4 Å². The third-order valence-corrected chi connectivity index (χ3v) is 2.97. The van der Waals surface area contributed by atoms with Crippen LogP contribution < -0.4 is 0 Å². The third kappa shape index (κ3) is 2.78. The molecule has 1 fully saturated rings. The van der Waals surface area contributed by atoms with E-state index in [1.54, 1.807) is 0 Å². The second kappa shape index (κ2) is 3.93. The van der Waals surface area contributed by atoms with E-state index >= 15 is 0 Å². The normalized spacial score (nSPS) is 33.9. The lowest BCUT2D eigenvalue weighted by atomic mass is 9.80. The first-order valence-electron chi connectivity index (χ1n) is 5.20. The molecule has 0 amide bonds. The van der Waals surface area contributed by atoms with Crippen molar-refractivity contribution in [3.05, 3.63) is 22.8 Å². The molecule has 0 aromatic rings. The Kier molecular flexibility index (Phi) is 3.19. The lowest BCUT2D eigenvalue weighted by Crippen LogP contribution is -2.33. The number of hydrogen-bond acceptors (Lipinski definition) is 3. The zero-order valence-electron chi connectivity index (χ0n) is 9.66. The van der Waals surface area contributed by atoms with Crippen LogP contribution >= 0.6 is 0 Å². The van der Waals surface area contributed by atoms with E-state index in [0.29, 0.717) is 0 Å². The maximum Gasteiger partial charge on any atom is 0.232 e. The van der Waals surface area contributed by atoms with Crippen molar-refractivity contribution in [1.82, 2.24) is 0 Å². The Hall–Kier alpha value is -0.900. The molecule has 0 aromatic heterocycles. The van der Waals surface area contributed by atoms with E-state index in [2.05, 4.69) is 20.4 Å². The molecule has 1 aliphatic heterocycles. The standard InChI is InChI=1S/C11H19NO3/c1-5-6-9-10(2,3)7-11(4,15-9)8-12(13)14/h5,9H,1,6-8H2,2-4H3. The lowest BCUT2D eigenvalue weighted by Gasteiger charge is -2.23.